The summed E-state index contributed by atoms with van der Waals surface area (Å²) in [5.41, 5.74) is 5.78. The van der Waals surface area contributed by atoms with Crippen molar-refractivity contribution >= 4 is 17.5 Å². The van der Waals surface area contributed by atoms with Crippen molar-refractivity contribution in [3.8, 4) is 0 Å². The third-order valence-electron chi connectivity index (χ3n) is 3.48. The van der Waals surface area contributed by atoms with Gasteiger partial charge in [0.2, 0.25) is 5.91 Å². The van der Waals surface area contributed by atoms with Gasteiger partial charge in [0.1, 0.15) is 0 Å². The van der Waals surface area contributed by atoms with E-state index in [1.807, 2.05) is 6.92 Å². The van der Waals surface area contributed by atoms with E-state index in [0.29, 0.717) is 22.6 Å². The highest BCUT2D eigenvalue weighted by Crippen LogP contribution is 2.20. The van der Waals surface area contributed by atoms with Gasteiger partial charge >= 0.3 is 12.1 Å². The molecule has 8 heteroatoms. The van der Waals surface area contributed by atoms with E-state index in [1.165, 1.54) is 6.07 Å². The zero-order valence-corrected chi connectivity index (χ0v) is 13.9. The molecule has 134 valence electrons. The molecule has 1 atom stereocenters. The Hall–Kier alpha value is -2.09. The van der Waals surface area contributed by atoms with Crippen LogP contribution in [0.25, 0.3) is 0 Å². The molecule has 0 aromatic heterocycles. The van der Waals surface area contributed by atoms with Crippen LogP contribution in [0.3, 0.4) is 0 Å². The van der Waals surface area contributed by atoms with Gasteiger partial charge in [-0.15, -0.1) is 0 Å². The van der Waals surface area contributed by atoms with Crippen molar-refractivity contribution in [3.05, 3.63) is 29.8 Å². The third kappa shape index (κ3) is 5.52. The Morgan fingerprint density at radius 1 is 1.29 bits per heavy atom. The van der Waals surface area contributed by atoms with Gasteiger partial charge in [-0.2, -0.15) is 13.2 Å². The molecule has 1 aromatic carbocycles. The smallest absolute Gasteiger partial charge is 0.334 e. The second-order valence-corrected chi connectivity index (χ2v) is 5.98. The SMILES string of the molecule is CCCC(C)(N)C(=O)Nc1cccc(CN(C)C(=O)C(F)(F)F)c1. The lowest BCUT2D eigenvalue weighted by atomic mass is 9.96. The zero-order chi connectivity index (χ0) is 18.5. The Morgan fingerprint density at radius 3 is 2.46 bits per heavy atom. The molecule has 24 heavy (non-hydrogen) atoms. The quantitative estimate of drug-likeness (QED) is 0.832. The van der Waals surface area contributed by atoms with Gasteiger partial charge in [-0.25, -0.2) is 0 Å². The van der Waals surface area contributed by atoms with Crippen molar-refractivity contribution in [2.45, 2.75) is 44.9 Å². The van der Waals surface area contributed by atoms with Crippen LogP contribution < -0.4 is 11.1 Å². The minimum atomic E-state index is -4.91. The van der Waals surface area contributed by atoms with Crippen LogP contribution in [0.2, 0.25) is 0 Å². The van der Waals surface area contributed by atoms with Gasteiger partial charge in [0.25, 0.3) is 0 Å². The second kappa shape index (κ2) is 7.65. The first kappa shape index (κ1) is 20.0. The number of nitrogens with one attached hydrogen (secondary N) is 1. The fraction of sp³-hybridized carbons (Fsp3) is 0.500. The number of anilines is 1. The molecule has 0 aliphatic rings. The normalized spacial score (nSPS) is 14.0. The number of alkyl halides is 3. The van der Waals surface area contributed by atoms with Crippen LogP contribution in [0.15, 0.2) is 24.3 Å². The number of rotatable bonds is 6. The minimum absolute atomic E-state index is 0.225. The molecule has 1 unspecified atom stereocenters. The highest BCUT2D eigenvalue weighted by atomic mass is 19.4. The molecule has 0 heterocycles. The molecule has 0 saturated heterocycles. The van der Waals surface area contributed by atoms with Crippen molar-refractivity contribution in [3.63, 3.8) is 0 Å². The first-order chi connectivity index (χ1) is 11.0. The first-order valence-electron chi connectivity index (χ1n) is 7.49. The fourth-order valence-corrected chi connectivity index (χ4v) is 2.22. The topological polar surface area (TPSA) is 75.4 Å². The molecule has 0 aliphatic heterocycles. The highest BCUT2D eigenvalue weighted by Gasteiger charge is 2.41. The number of hydrogen-bond acceptors (Lipinski definition) is 3. The Morgan fingerprint density at radius 2 is 1.92 bits per heavy atom. The maximum absolute atomic E-state index is 12.4. The van der Waals surface area contributed by atoms with Gasteiger partial charge in [-0.1, -0.05) is 25.5 Å². The molecule has 0 fully saturated rings. The Kier molecular flexibility index (Phi) is 6.36. The molecule has 0 spiro atoms. The predicted octanol–water partition coefficient (Wildman–Crippen LogP) is 2.66. The van der Waals surface area contributed by atoms with Crippen LogP contribution in [-0.4, -0.2) is 35.5 Å². The standard InChI is InChI=1S/C16H22F3N3O2/c1-4-8-15(2,20)13(23)21-12-7-5-6-11(9-12)10-22(3)14(24)16(17,18)19/h5-7,9H,4,8,10,20H2,1-3H3,(H,21,23). The maximum Gasteiger partial charge on any atom is 0.471 e. The Balaban J connectivity index is 2.81. The maximum atomic E-state index is 12.4. The number of nitrogens with zero attached hydrogens (tertiary/aromatic N) is 1. The summed E-state index contributed by atoms with van der Waals surface area (Å²) < 4.78 is 37.2. The average Bonchev–Trinajstić information content (AvgIpc) is 2.45. The molecule has 5 nitrogen and oxygen atoms in total. The summed E-state index contributed by atoms with van der Waals surface area (Å²) in [5, 5.41) is 2.65. The molecule has 0 aliphatic carbocycles. The highest BCUT2D eigenvalue weighted by molar-refractivity contribution is 5.97. The van der Waals surface area contributed by atoms with Crippen LogP contribution in [0.4, 0.5) is 18.9 Å². The number of benzene rings is 1. The van der Waals surface area contributed by atoms with Gasteiger partial charge < -0.3 is 16.0 Å². The van der Waals surface area contributed by atoms with E-state index >= 15 is 0 Å². The summed E-state index contributed by atoms with van der Waals surface area (Å²) in [6.07, 6.45) is -3.67. The number of carbonyl (C=O) groups is 2. The average molecular weight is 345 g/mol. The van der Waals surface area contributed by atoms with Gasteiger partial charge in [0.15, 0.2) is 0 Å². The lowest BCUT2D eigenvalue weighted by Crippen LogP contribution is -2.48. The van der Waals surface area contributed by atoms with Crippen molar-refractivity contribution < 1.29 is 22.8 Å². The van der Waals surface area contributed by atoms with Crippen LogP contribution in [0.1, 0.15) is 32.3 Å². The summed E-state index contributed by atoms with van der Waals surface area (Å²) in [6, 6.07) is 6.28. The number of amides is 2. The summed E-state index contributed by atoms with van der Waals surface area (Å²) in [7, 11) is 1.07. The number of carbonyl (C=O) groups excluding carboxylic acids is 2. The molecule has 0 bridgehead atoms. The number of halogens is 3. The largest absolute Gasteiger partial charge is 0.471 e. The van der Waals surface area contributed by atoms with Crippen molar-refractivity contribution in [2.24, 2.45) is 5.73 Å². The summed E-state index contributed by atoms with van der Waals surface area (Å²) >= 11 is 0. The van der Waals surface area contributed by atoms with Crippen LogP contribution >= 0.6 is 0 Å². The van der Waals surface area contributed by atoms with Gasteiger partial charge in [0.05, 0.1) is 5.54 Å². The van der Waals surface area contributed by atoms with E-state index in [-0.39, 0.29) is 12.5 Å². The van der Waals surface area contributed by atoms with E-state index in [2.05, 4.69) is 5.32 Å². The Labute approximate surface area is 139 Å². The molecule has 1 aromatic rings. The van der Waals surface area contributed by atoms with Gasteiger partial charge in [-0.3, -0.25) is 9.59 Å². The molecular weight excluding hydrogens is 323 g/mol. The predicted molar refractivity (Wildman–Crippen MR) is 85.1 cm³/mol. The molecule has 2 amide bonds. The van der Waals surface area contributed by atoms with Gasteiger partial charge in [-0.05, 0) is 31.0 Å². The third-order valence-corrected chi connectivity index (χ3v) is 3.48. The minimum Gasteiger partial charge on any atom is -0.334 e. The zero-order valence-electron chi connectivity index (χ0n) is 13.9. The van der Waals surface area contributed by atoms with E-state index in [4.69, 9.17) is 5.73 Å². The van der Waals surface area contributed by atoms with Gasteiger partial charge in [0, 0.05) is 19.3 Å². The molecule has 0 radical (unpaired) electrons. The number of hydrogen-bond donors (Lipinski definition) is 2. The monoisotopic (exact) mass is 345 g/mol. The summed E-state index contributed by atoms with van der Waals surface area (Å²) in [4.78, 5) is 23.9. The van der Waals surface area contributed by atoms with Crippen molar-refractivity contribution in [1.82, 2.24) is 4.90 Å². The first-order valence-corrected chi connectivity index (χ1v) is 7.49. The van der Waals surface area contributed by atoms with Crippen molar-refractivity contribution in [2.75, 3.05) is 12.4 Å². The van der Waals surface area contributed by atoms with Crippen LogP contribution in [0, 0.1) is 0 Å². The lowest BCUT2D eigenvalue weighted by molar-refractivity contribution is -0.184. The molecule has 3 N–H and O–H groups in total. The lowest BCUT2D eigenvalue weighted by Gasteiger charge is -2.23. The van der Waals surface area contributed by atoms with E-state index in [9.17, 15) is 22.8 Å². The second-order valence-electron chi connectivity index (χ2n) is 5.98. The van der Waals surface area contributed by atoms with Crippen molar-refractivity contribution in [1.29, 1.82) is 0 Å². The molecule has 1 rings (SSSR count). The van der Waals surface area contributed by atoms with Crippen LogP contribution in [-0.2, 0) is 16.1 Å². The number of nitrogens with two attached hydrogens (primary N) is 1. The molecule has 0 saturated carbocycles. The van der Waals surface area contributed by atoms with E-state index in [1.54, 1.807) is 25.1 Å². The molecular formula is C16H22F3N3O2. The summed E-state index contributed by atoms with van der Waals surface area (Å²) in [5.74, 6) is -2.30. The summed E-state index contributed by atoms with van der Waals surface area (Å²) in [6.45, 7) is 3.30. The van der Waals surface area contributed by atoms with E-state index in [0.717, 1.165) is 13.5 Å². The Bertz CT molecular complexity index is 600. The van der Waals surface area contributed by atoms with E-state index < -0.39 is 17.6 Å². The van der Waals surface area contributed by atoms with Crippen LogP contribution in [0.5, 0.6) is 0 Å². The fourth-order valence-electron chi connectivity index (χ4n) is 2.22.